The van der Waals surface area contributed by atoms with Crippen molar-refractivity contribution in [3.63, 3.8) is 0 Å². The van der Waals surface area contributed by atoms with Crippen LogP contribution in [0.1, 0.15) is 42.9 Å². The Kier molecular flexibility index (Phi) is 7.84. The maximum Gasteiger partial charge on any atom is 0.279 e. The number of nitrogens with zero attached hydrogens (tertiary/aromatic N) is 4. The number of aromatic nitrogens is 1. The molecule has 194 valence electrons. The summed E-state index contributed by atoms with van der Waals surface area (Å²) < 4.78 is 1.76. The number of para-hydroxylation sites is 1. The molecular weight excluding hydrogens is 535 g/mol. The van der Waals surface area contributed by atoms with E-state index in [0.717, 1.165) is 58.6 Å². The van der Waals surface area contributed by atoms with Crippen LogP contribution in [-0.4, -0.2) is 22.8 Å². The Hall–Kier alpha value is -3.19. The van der Waals surface area contributed by atoms with Gasteiger partial charge in [0.25, 0.3) is 5.91 Å². The van der Waals surface area contributed by atoms with Crippen molar-refractivity contribution in [1.29, 1.82) is 0 Å². The van der Waals surface area contributed by atoms with E-state index >= 15 is 0 Å². The van der Waals surface area contributed by atoms with Gasteiger partial charge in [-0.3, -0.25) is 4.79 Å². The average molecular weight is 564 g/mol. The largest absolute Gasteiger partial charge is 0.306 e. The fourth-order valence-corrected chi connectivity index (χ4v) is 5.63. The van der Waals surface area contributed by atoms with Gasteiger partial charge < -0.3 is 4.90 Å². The zero-order chi connectivity index (χ0) is 26.8. The van der Waals surface area contributed by atoms with Crippen LogP contribution in [0.4, 0.5) is 11.4 Å². The first-order chi connectivity index (χ1) is 18.4. The summed E-state index contributed by atoms with van der Waals surface area (Å²) in [5.74, 6) is -0.0984. The molecule has 5 rings (SSSR count). The molecule has 0 saturated carbocycles. The average Bonchev–Trinajstić information content (AvgIpc) is 3.42. The molecule has 0 bridgehead atoms. The Bertz CT molecular complexity index is 1620. The summed E-state index contributed by atoms with van der Waals surface area (Å²) in [7, 11) is 0. The lowest BCUT2D eigenvalue weighted by Gasteiger charge is -2.16. The van der Waals surface area contributed by atoms with Gasteiger partial charge in [0.05, 0.1) is 27.1 Å². The Morgan fingerprint density at radius 1 is 0.947 bits per heavy atom. The summed E-state index contributed by atoms with van der Waals surface area (Å²) in [6.45, 7) is 6.95. The standard InChI is InChI=1S/C30H28Cl2N4OS/c1-4-5-8-16-35-26-13-7-6-11-22(26)28(29(35)37)34-36-27(21-14-15-23(31)24(32)17-21)18-38-30(36)33-25-12-9-10-19(2)20(25)3/h6-7,9-15,17-18H,4-5,8,16H2,1-3H3. The van der Waals surface area contributed by atoms with Crippen molar-refractivity contribution in [2.45, 2.75) is 40.0 Å². The molecule has 1 aliphatic rings. The van der Waals surface area contributed by atoms with E-state index in [1.165, 1.54) is 11.3 Å². The third kappa shape index (κ3) is 5.08. The van der Waals surface area contributed by atoms with Crippen LogP contribution in [0, 0.1) is 13.8 Å². The van der Waals surface area contributed by atoms with Gasteiger partial charge in [0.15, 0.2) is 5.71 Å². The number of fused-ring (bicyclic) bond motifs is 1. The highest BCUT2D eigenvalue weighted by Gasteiger charge is 2.34. The number of unbranched alkanes of at least 4 members (excludes halogenated alkanes) is 2. The number of thiazole rings is 1. The number of amides is 1. The van der Waals surface area contributed by atoms with Crippen LogP contribution in [0.2, 0.25) is 10.0 Å². The van der Waals surface area contributed by atoms with Crippen LogP contribution >= 0.6 is 34.5 Å². The molecule has 8 heteroatoms. The van der Waals surface area contributed by atoms with Crippen LogP contribution < -0.4 is 9.70 Å². The van der Waals surface area contributed by atoms with Gasteiger partial charge >= 0.3 is 0 Å². The van der Waals surface area contributed by atoms with Crippen molar-refractivity contribution >= 4 is 57.5 Å². The highest BCUT2D eigenvalue weighted by atomic mass is 35.5. The van der Waals surface area contributed by atoms with E-state index in [9.17, 15) is 4.79 Å². The van der Waals surface area contributed by atoms with E-state index in [2.05, 4.69) is 26.8 Å². The summed E-state index contributed by atoms with van der Waals surface area (Å²) >= 11 is 14.0. The molecule has 0 saturated heterocycles. The third-order valence-electron chi connectivity index (χ3n) is 6.78. The lowest BCUT2D eigenvalue weighted by atomic mass is 10.1. The molecule has 5 nitrogen and oxygen atoms in total. The number of hydrogen-bond acceptors (Lipinski definition) is 4. The highest BCUT2D eigenvalue weighted by Crippen LogP contribution is 2.32. The number of aryl methyl sites for hydroxylation is 1. The van der Waals surface area contributed by atoms with Gasteiger partial charge in [0.1, 0.15) is 0 Å². The van der Waals surface area contributed by atoms with E-state index in [1.807, 2.05) is 58.8 Å². The molecule has 0 radical (unpaired) electrons. The van der Waals surface area contributed by atoms with Crippen molar-refractivity contribution in [3.8, 4) is 11.3 Å². The fraction of sp³-hybridized carbons (Fsp3) is 0.233. The van der Waals surface area contributed by atoms with Crippen molar-refractivity contribution in [1.82, 2.24) is 4.68 Å². The quantitative estimate of drug-likeness (QED) is 0.209. The van der Waals surface area contributed by atoms with Gasteiger partial charge in [0, 0.05) is 23.1 Å². The first-order valence-corrected chi connectivity index (χ1v) is 14.3. The fourth-order valence-electron chi connectivity index (χ4n) is 4.49. The second-order valence-corrected chi connectivity index (χ2v) is 11.0. The van der Waals surface area contributed by atoms with Crippen LogP contribution in [0.25, 0.3) is 11.3 Å². The van der Waals surface area contributed by atoms with Gasteiger partial charge in [-0.1, -0.05) is 79.4 Å². The zero-order valence-electron chi connectivity index (χ0n) is 21.5. The van der Waals surface area contributed by atoms with E-state index in [4.69, 9.17) is 33.3 Å². The molecule has 38 heavy (non-hydrogen) atoms. The smallest absolute Gasteiger partial charge is 0.279 e. The number of rotatable bonds is 7. The summed E-state index contributed by atoms with van der Waals surface area (Å²) in [5.41, 5.74) is 6.85. The molecule has 1 aliphatic heterocycles. The monoisotopic (exact) mass is 562 g/mol. The third-order valence-corrected chi connectivity index (χ3v) is 8.33. The van der Waals surface area contributed by atoms with E-state index in [1.54, 1.807) is 10.7 Å². The molecule has 0 unspecified atom stereocenters. The minimum absolute atomic E-state index is 0.0984. The van der Waals surface area contributed by atoms with E-state index in [-0.39, 0.29) is 5.91 Å². The zero-order valence-corrected chi connectivity index (χ0v) is 23.9. The second kappa shape index (κ2) is 11.3. The summed E-state index contributed by atoms with van der Waals surface area (Å²) in [6.07, 6.45) is 3.10. The van der Waals surface area contributed by atoms with Crippen LogP contribution in [-0.2, 0) is 4.79 Å². The SMILES string of the molecule is CCCCCN1C(=O)C(=Nn2c(-c3ccc(Cl)c(Cl)c3)csc2=Nc2cccc(C)c2C)c2ccccc21. The van der Waals surface area contributed by atoms with Crippen molar-refractivity contribution in [2.24, 2.45) is 10.1 Å². The van der Waals surface area contributed by atoms with Gasteiger partial charge in [-0.05, 0) is 55.7 Å². The normalized spacial score (nSPS) is 14.6. The molecule has 1 amide bonds. The van der Waals surface area contributed by atoms with Gasteiger partial charge in [0.2, 0.25) is 4.80 Å². The minimum atomic E-state index is -0.0984. The summed E-state index contributed by atoms with van der Waals surface area (Å²) in [4.78, 5) is 21.2. The number of carbonyl (C=O) groups excluding carboxylic acids is 1. The van der Waals surface area contributed by atoms with E-state index < -0.39 is 0 Å². The molecular formula is C30H28Cl2N4OS. The molecule has 0 spiro atoms. The second-order valence-electron chi connectivity index (χ2n) is 9.30. The number of hydrogen-bond donors (Lipinski definition) is 0. The molecule has 0 N–H and O–H groups in total. The number of carbonyl (C=O) groups is 1. The minimum Gasteiger partial charge on any atom is -0.306 e. The lowest BCUT2D eigenvalue weighted by Crippen LogP contribution is -2.31. The van der Waals surface area contributed by atoms with Crippen LogP contribution in [0.5, 0.6) is 0 Å². The molecule has 2 heterocycles. The van der Waals surface area contributed by atoms with Gasteiger partial charge in [-0.25, -0.2) is 9.67 Å². The number of anilines is 1. The summed E-state index contributed by atoms with van der Waals surface area (Å²) in [6, 6.07) is 19.4. The maximum atomic E-state index is 13.7. The van der Waals surface area contributed by atoms with Crippen molar-refractivity contribution in [2.75, 3.05) is 11.4 Å². The Morgan fingerprint density at radius 3 is 2.55 bits per heavy atom. The highest BCUT2D eigenvalue weighted by molar-refractivity contribution is 7.07. The van der Waals surface area contributed by atoms with Gasteiger partial charge in [-0.2, -0.15) is 5.10 Å². The topological polar surface area (TPSA) is 50.0 Å². The molecule has 0 fully saturated rings. The number of benzene rings is 3. The maximum absolute atomic E-state index is 13.7. The Morgan fingerprint density at radius 2 is 1.76 bits per heavy atom. The first-order valence-electron chi connectivity index (χ1n) is 12.7. The van der Waals surface area contributed by atoms with Crippen LogP contribution in [0.15, 0.2) is 76.1 Å². The van der Waals surface area contributed by atoms with Gasteiger partial charge in [-0.15, -0.1) is 11.3 Å². The summed E-state index contributed by atoms with van der Waals surface area (Å²) in [5, 5.41) is 7.89. The Labute approximate surface area is 236 Å². The molecule has 0 atom stereocenters. The Balaban J connectivity index is 1.71. The molecule has 0 aliphatic carbocycles. The molecule has 4 aromatic rings. The predicted octanol–water partition coefficient (Wildman–Crippen LogP) is 8.16. The lowest BCUT2D eigenvalue weighted by molar-refractivity contribution is -0.112. The predicted molar refractivity (Wildman–Crippen MR) is 159 cm³/mol. The van der Waals surface area contributed by atoms with E-state index in [0.29, 0.717) is 27.1 Å². The van der Waals surface area contributed by atoms with Crippen molar-refractivity contribution < 1.29 is 4.79 Å². The number of halogens is 2. The first kappa shape index (κ1) is 26.4. The molecule has 1 aromatic heterocycles. The van der Waals surface area contributed by atoms with Crippen molar-refractivity contribution in [3.05, 3.63) is 97.6 Å². The van der Waals surface area contributed by atoms with Crippen LogP contribution in [0.3, 0.4) is 0 Å². The molecule has 3 aromatic carbocycles.